The minimum atomic E-state index is 1.12. The van der Waals surface area contributed by atoms with E-state index < -0.39 is 0 Å². The molecule has 0 bridgehead atoms. The molecule has 0 amide bonds. The molecule has 1 heterocycles. The lowest BCUT2D eigenvalue weighted by Gasteiger charge is -2.09. The Bertz CT molecular complexity index is 566. The highest BCUT2D eigenvalue weighted by Gasteiger charge is 2.13. The maximum Gasteiger partial charge on any atom is 0.106 e. The third-order valence-electron chi connectivity index (χ3n) is 4.35. The Morgan fingerprint density at radius 2 is 1.72 bits per heavy atom. The molecule has 0 unspecified atom stereocenters. The lowest BCUT2D eigenvalue weighted by atomic mass is 9.98. The lowest BCUT2D eigenvalue weighted by Crippen LogP contribution is -1.96. The van der Waals surface area contributed by atoms with Crippen LogP contribution in [0, 0.1) is 6.92 Å². The largest absolute Gasteiger partial charge is 0.331 e. The standard InChI is InChI=1S/C16H22N2/c1-12-17-16-14-9-7-5-3-4-6-8-13(14)10-11-15(16)18(12)2/h10-11H,3-9H2,1-2H3. The number of fused-ring (bicyclic) bond motifs is 3. The molecule has 0 aliphatic heterocycles. The molecule has 0 radical (unpaired) electrons. The molecule has 96 valence electrons. The summed E-state index contributed by atoms with van der Waals surface area (Å²) in [5, 5.41) is 0. The van der Waals surface area contributed by atoms with Gasteiger partial charge in [0.05, 0.1) is 11.0 Å². The first-order valence-electron chi connectivity index (χ1n) is 7.21. The first kappa shape index (κ1) is 11.8. The van der Waals surface area contributed by atoms with Crippen molar-refractivity contribution in [1.29, 1.82) is 0 Å². The zero-order valence-corrected chi connectivity index (χ0v) is 11.5. The van der Waals surface area contributed by atoms with E-state index >= 15 is 0 Å². The van der Waals surface area contributed by atoms with Gasteiger partial charge >= 0.3 is 0 Å². The Kier molecular flexibility index (Phi) is 3.11. The van der Waals surface area contributed by atoms with Crippen molar-refractivity contribution in [3.63, 3.8) is 0 Å². The Morgan fingerprint density at radius 1 is 1.00 bits per heavy atom. The maximum atomic E-state index is 4.79. The summed E-state index contributed by atoms with van der Waals surface area (Å²) in [6, 6.07) is 4.59. The summed E-state index contributed by atoms with van der Waals surface area (Å²) in [5.41, 5.74) is 5.63. The quantitative estimate of drug-likeness (QED) is 0.684. The summed E-state index contributed by atoms with van der Waals surface area (Å²) in [6.07, 6.45) is 9.27. The van der Waals surface area contributed by atoms with Gasteiger partial charge in [-0.3, -0.25) is 0 Å². The van der Waals surface area contributed by atoms with Crippen LogP contribution in [-0.2, 0) is 19.9 Å². The minimum Gasteiger partial charge on any atom is -0.331 e. The van der Waals surface area contributed by atoms with Crippen molar-refractivity contribution in [3.8, 4) is 0 Å². The first-order valence-corrected chi connectivity index (χ1v) is 7.21. The average Bonchev–Trinajstić information content (AvgIpc) is 2.71. The van der Waals surface area contributed by atoms with E-state index in [1.54, 1.807) is 5.56 Å². The van der Waals surface area contributed by atoms with Crippen molar-refractivity contribution < 1.29 is 0 Å². The molecule has 18 heavy (non-hydrogen) atoms. The number of imidazole rings is 1. The second-order valence-corrected chi connectivity index (χ2v) is 5.56. The summed E-state index contributed by atoms with van der Waals surface area (Å²) < 4.78 is 2.21. The average molecular weight is 242 g/mol. The fourth-order valence-electron chi connectivity index (χ4n) is 3.13. The topological polar surface area (TPSA) is 17.8 Å². The number of rotatable bonds is 0. The van der Waals surface area contributed by atoms with E-state index in [1.807, 2.05) is 0 Å². The predicted octanol–water partition coefficient (Wildman–Crippen LogP) is 3.93. The van der Waals surface area contributed by atoms with E-state index in [4.69, 9.17) is 4.98 Å². The Morgan fingerprint density at radius 3 is 2.56 bits per heavy atom. The molecule has 2 heteroatoms. The molecule has 1 aromatic heterocycles. The number of hydrogen-bond donors (Lipinski definition) is 0. The molecule has 1 aliphatic carbocycles. The zero-order valence-electron chi connectivity index (χ0n) is 11.5. The first-order chi connectivity index (χ1) is 8.77. The van der Waals surface area contributed by atoms with Crippen LogP contribution in [0.1, 0.15) is 49.1 Å². The summed E-state index contributed by atoms with van der Waals surface area (Å²) in [7, 11) is 2.12. The van der Waals surface area contributed by atoms with E-state index in [-0.39, 0.29) is 0 Å². The number of nitrogens with zero attached hydrogens (tertiary/aromatic N) is 2. The molecule has 1 aromatic carbocycles. The number of benzene rings is 1. The number of aryl methyl sites for hydroxylation is 4. The molecular weight excluding hydrogens is 220 g/mol. The van der Waals surface area contributed by atoms with Crippen molar-refractivity contribution >= 4 is 11.0 Å². The Hall–Kier alpha value is -1.31. The van der Waals surface area contributed by atoms with Crippen molar-refractivity contribution in [2.45, 2.75) is 51.9 Å². The second kappa shape index (κ2) is 4.75. The van der Waals surface area contributed by atoms with Gasteiger partial charge in [-0.1, -0.05) is 25.3 Å². The molecule has 0 atom stereocenters. The van der Waals surface area contributed by atoms with Crippen LogP contribution in [0.5, 0.6) is 0 Å². The van der Waals surface area contributed by atoms with E-state index in [2.05, 4.69) is 30.7 Å². The summed E-state index contributed by atoms with van der Waals surface area (Å²) in [6.45, 7) is 2.10. The van der Waals surface area contributed by atoms with Gasteiger partial charge in [0, 0.05) is 7.05 Å². The second-order valence-electron chi connectivity index (χ2n) is 5.56. The molecule has 0 saturated heterocycles. The molecule has 0 N–H and O–H groups in total. The van der Waals surface area contributed by atoms with Gasteiger partial charge < -0.3 is 4.57 Å². The monoisotopic (exact) mass is 242 g/mol. The molecule has 2 aromatic rings. The summed E-state index contributed by atoms with van der Waals surface area (Å²) >= 11 is 0. The van der Waals surface area contributed by atoms with Crippen LogP contribution >= 0.6 is 0 Å². The van der Waals surface area contributed by atoms with Crippen molar-refractivity contribution in [2.24, 2.45) is 7.05 Å². The van der Waals surface area contributed by atoms with Crippen molar-refractivity contribution in [3.05, 3.63) is 29.1 Å². The minimum absolute atomic E-state index is 1.12. The van der Waals surface area contributed by atoms with Crippen LogP contribution in [-0.4, -0.2) is 9.55 Å². The van der Waals surface area contributed by atoms with Gasteiger partial charge in [0.1, 0.15) is 5.82 Å². The molecule has 0 spiro atoms. The zero-order chi connectivity index (χ0) is 12.5. The van der Waals surface area contributed by atoms with Gasteiger partial charge in [0.25, 0.3) is 0 Å². The van der Waals surface area contributed by atoms with Crippen molar-refractivity contribution in [2.75, 3.05) is 0 Å². The van der Waals surface area contributed by atoms with E-state index in [0.29, 0.717) is 0 Å². The van der Waals surface area contributed by atoms with Gasteiger partial charge in [0.2, 0.25) is 0 Å². The Balaban J connectivity index is 2.15. The summed E-state index contributed by atoms with van der Waals surface area (Å²) in [4.78, 5) is 4.79. The molecule has 1 aliphatic rings. The fraction of sp³-hybridized carbons (Fsp3) is 0.562. The third kappa shape index (κ3) is 1.94. The van der Waals surface area contributed by atoms with Gasteiger partial charge in [-0.25, -0.2) is 4.98 Å². The van der Waals surface area contributed by atoms with E-state index in [9.17, 15) is 0 Å². The SMILES string of the molecule is Cc1nc2c3c(ccc2n1C)CCCCCCC3. The highest BCUT2D eigenvalue weighted by Crippen LogP contribution is 2.27. The smallest absolute Gasteiger partial charge is 0.106 e. The van der Waals surface area contributed by atoms with Gasteiger partial charge in [-0.15, -0.1) is 0 Å². The molecule has 2 nitrogen and oxygen atoms in total. The maximum absolute atomic E-state index is 4.79. The predicted molar refractivity (Wildman–Crippen MR) is 75.9 cm³/mol. The third-order valence-corrected chi connectivity index (χ3v) is 4.35. The van der Waals surface area contributed by atoms with Crippen LogP contribution in [0.4, 0.5) is 0 Å². The van der Waals surface area contributed by atoms with Crippen molar-refractivity contribution in [1.82, 2.24) is 9.55 Å². The molecule has 0 saturated carbocycles. The molecule has 0 fully saturated rings. The van der Waals surface area contributed by atoms with Gasteiger partial charge in [0.15, 0.2) is 0 Å². The Labute approximate surface area is 109 Å². The van der Waals surface area contributed by atoms with Crippen LogP contribution in [0.2, 0.25) is 0 Å². The van der Waals surface area contributed by atoms with E-state index in [1.165, 1.54) is 61.5 Å². The van der Waals surface area contributed by atoms with Crippen LogP contribution in [0.25, 0.3) is 11.0 Å². The summed E-state index contributed by atoms with van der Waals surface area (Å²) in [5.74, 6) is 1.12. The van der Waals surface area contributed by atoms with Crippen LogP contribution in [0.15, 0.2) is 12.1 Å². The number of hydrogen-bond acceptors (Lipinski definition) is 1. The highest BCUT2D eigenvalue weighted by atomic mass is 15.0. The van der Waals surface area contributed by atoms with Crippen LogP contribution < -0.4 is 0 Å². The molecule has 3 rings (SSSR count). The highest BCUT2D eigenvalue weighted by molar-refractivity contribution is 5.81. The lowest BCUT2D eigenvalue weighted by molar-refractivity contribution is 0.629. The van der Waals surface area contributed by atoms with Crippen LogP contribution in [0.3, 0.4) is 0 Å². The molecular formula is C16H22N2. The normalized spacial score (nSPS) is 17.0. The number of aromatic nitrogens is 2. The van der Waals surface area contributed by atoms with E-state index in [0.717, 1.165) is 5.82 Å². The fourth-order valence-corrected chi connectivity index (χ4v) is 3.13. The van der Waals surface area contributed by atoms with Gasteiger partial charge in [-0.05, 0) is 49.8 Å². The van der Waals surface area contributed by atoms with Gasteiger partial charge in [-0.2, -0.15) is 0 Å².